The molecule has 5 heteroatoms. The number of likely N-dealkylation sites (tertiary alicyclic amines) is 1. The van der Waals surface area contributed by atoms with Gasteiger partial charge in [0.15, 0.2) is 4.77 Å². The number of H-pyrrole nitrogens is 1. The van der Waals surface area contributed by atoms with Crippen molar-refractivity contribution in [2.24, 2.45) is 0 Å². The molecule has 1 unspecified atom stereocenters. The molecule has 1 fully saturated rings. The van der Waals surface area contributed by atoms with Gasteiger partial charge in [0.2, 0.25) is 0 Å². The number of benzene rings is 1. The fourth-order valence-electron chi connectivity index (χ4n) is 2.83. The molecule has 96 valence electrons. The first-order valence-electron chi connectivity index (χ1n) is 6.24. The lowest BCUT2D eigenvalue weighted by Crippen LogP contribution is -2.33. The summed E-state index contributed by atoms with van der Waals surface area (Å²) in [6.45, 7) is 2.10. The van der Waals surface area contributed by atoms with Crippen LogP contribution in [0.1, 0.15) is 18.9 Å². The monoisotopic (exact) mass is 265 g/mol. The number of para-hydroxylation sites is 1. The molecule has 0 aliphatic carbocycles. The van der Waals surface area contributed by atoms with Crippen molar-refractivity contribution in [3.8, 4) is 0 Å². The van der Waals surface area contributed by atoms with Gasteiger partial charge in [0.05, 0.1) is 5.52 Å². The van der Waals surface area contributed by atoms with Crippen molar-refractivity contribution >= 4 is 23.3 Å². The Hall–Kier alpha value is -1.20. The predicted molar refractivity (Wildman–Crippen MR) is 72.8 cm³/mol. The van der Waals surface area contributed by atoms with Gasteiger partial charge in [0.1, 0.15) is 11.3 Å². The van der Waals surface area contributed by atoms with Crippen LogP contribution in [0.3, 0.4) is 0 Å². The highest BCUT2D eigenvalue weighted by molar-refractivity contribution is 7.71. The maximum Gasteiger partial charge on any atom is 0.178 e. The molecule has 1 aliphatic rings. The summed E-state index contributed by atoms with van der Waals surface area (Å²) in [5.74, 6) is -0.235. The van der Waals surface area contributed by atoms with Crippen LogP contribution in [0, 0.1) is 10.6 Å². The number of fused-ring (bicyclic) bond motifs is 1. The zero-order chi connectivity index (χ0) is 12.7. The number of hydrogen-bond donors (Lipinski definition) is 1. The Morgan fingerprint density at radius 3 is 3.06 bits per heavy atom. The fraction of sp³-hybridized carbons (Fsp3) is 0.462. The smallest absolute Gasteiger partial charge is 0.178 e. The average Bonchev–Trinajstić information content (AvgIpc) is 2.67. The van der Waals surface area contributed by atoms with Crippen molar-refractivity contribution < 1.29 is 4.39 Å². The molecule has 1 aromatic heterocycles. The highest BCUT2D eigenvalue weighted by Crippen LogP contribution is 2.26. The van der Waals surface area contributed by atoms with Crippen molar-refractivity contribution in [1.82, 2.24) is 14.5 Å². The van der Waals surface area contributed by atoms with E-state index >= 15 is 0 Å². The molecule has 1 aromatic carbocycles. The van der Waals surface area contributed by atoms with E-state index in [4.69, 9.17) is 12.2 Å². The lowest BCUT2D eigenvalue weighted by molar-refractivity contribution is 0.214. The normalized spacial score (nSPS) is 21.6. The summed E-state index contributed by atoms with van der Waals surface area (Å²) >= 11 is 5.35. The number of aromatic amines is 1. The Morgan fingerprint density at radius 2 is 2.28 bits per heavy atom. The summed E-state index contributed by atoms with van der Waals surface area (Å²) in [6.07, 6.45) is 2.26. The van der Waals surface area contributed by atoms with Crippen molar-refractivity contribution in [3.05, 3.63) is 28.8 Å². The van der Waals surface area contributed by atoms with Crippen LogP contribution in [0.25, 0.3) is 11.0 Å². The van der Waals surface area contributed by atoms with Crippen LogP contribution >= 0.6 is 12.2 Å². The van der Waals surface area contributed by atoms with Crippen LogP contribution in [0.5, 0.6) is 0 Å². The van der Waals surface area contributed by atoms with E-state index in [0.717, 1.165) is 31.4 Å². The number of nitrogens with zero attached hydrogens (tertiary/aromatic N) is 2. The van der Waals surface area contributed by atoms with Gasteiger partial charge in [-0.3, -0.25) is 0 Å². The summed E-state index contributed by atoms with van der Waals surface area (Å²) in [6, 6.07) is 5.47. The van der Waals surface area contributed by atoms with Gasteiger partial charge >= 0.3 is 0 Å². The van der Waals surface area contributed by atoms with Gasteiger partial charge < -0.3 is 14.5 Å². The molecule has 3 nitrogen and oxygen atoms in total. The molecule has 0 bridgehead atoms. The van der Waals surface area contributed by atoms with Crippen molar-refractivity contribution in [2.45, 2.75) is 18.9 Å². The Bertz CT molecular complexity index is 631. The first kappa shape index (κ1) is 11.9. The second-order valence-corrected chi connectivity index (χ2v) is 5.38. The van der Waals surface area contributed by atoms with E-state index in [1.807, 2.05) is 6.07 Å². The molecule has 18 heavy (non-hydrogen) atoms. The van der Waals surface area contributed by atoms with Crippen molar-refractivity contribution in [2.75, 3.05) is 20.1 Å². The third-order valence-electron chi connectivity index (χ3n) is 3.67. The average molecular weight is 265 g/mol. The van der Waals surface area contributed by atoms with Gasteiger partial charge in [0.25, 0.3) is 0 Å². The molecule has 1 atom stereocenters. The van der Waals surface area contributed by atoms with Crippen LogP contribution in [0.2, 0.25) is 0 Å². The summed E-state index contributed by atoms with van der Waals surface area (Å²) in [5.41, 5.74) is 1.40. The van der Waals surface area contributed by atoms with E-state index in [1.54, 1.807) is 6.07 Å². The van der Waals surface area contributed by atoms with E-state index in [1.165, 1.54) is 6.07 Å². The number of hydrogen-bond acceptors (Lipinski definition) is 2. The molecular formula is C13H16FN3S. The van der Waals surface area contributed by atoms with Gasteiger partial charge in [0, 0.05) is 12.6 Å². The van der Waals surface area contributed by atoms with Gasteiger partial charge in [-0.05, 0) is 50.8 Å². The summed E-state index contributed by atoms with van der Waals surface area (Å²) in [5, 5.41) is 0. The number of rotatable bonds is 1. The summed E-state index contributed by atoms with van der Waals surface area (Å²) < 4.78 is 16.4. The molecule has 2 aromatic rings. The molecule has 1 aliphatic heterocycles. The minimum atomic E-state index is -0.235. The molecule has 0 saturated carbocycles. The SMILES string of the molecule is CN1CCCC(n2c(=S)[nH]c3c(F)cccc32)C1. The first-order chi connectivity index (χ1) is 8.66. The van der Waals surface area contributed by atoms with Crippen LogP contribution in [0.15, 0.2) is 18.2 Å². The van der Waals surface area contributed by atoms with Crippen molar-refractivity contribution in [1.29, 1.82) is 0 Å². The Kier molecular flexibility index (Phi) is 2.95. The minimum absolute atomic E-state index is 0.235. The maximum atomic E-state index is 13.7. The zero-order valence-electron chi connectivity index (χ0n) is 10.3. The number of imidazole rings is 1. The molecule has 1 saturated heterocycles. The highest BCUT2D eigenvalue weighted by atomic mass is 32.1. The van der Waals surface area contributed by atoms with Crippen LogP contribution in [0.4, 0.5) is 4.39 Å². The van der Waals surface area contributed by atoms with Crippen LogP contribution < -0.4 is 0 Å². The molecular weight excluding hydrogens is 249 g/mol. The van der Waals surface area contributed by atoms with E-state index in [9.17, 15) is 4.39 Å². The Labute approximate surface area is 110 Å². The molecule has 0 radical (unpaired) electrons. The van der Waals surface area contributed by atoms with E-state index in [2.05, 4.69) is 21.5 Å². The molecule has 0 amide bonds. The second-order valence-electron chi connectivity index (χ2n) is 4.99. The molecule has 0 spiro atoms. The minimum Gasteiger partial charge on any atom is -0.328 e. The standard InChI is InChI=1S/C13H16FN3S/c1-16-7-3-4-9(8-16)17-11-6-2-5-10(14)12(11)15-13(17)18/h2,5-6,9H,3-4,7-8H2,1H3,(H,15,18). The third-order valence-corrected chi connectivity index (χ3v) is 3.97. The molecule has 2 heterocycles. The number of halogens is 1. The van der Waals surface area contributed by atoms with Gasteiger partial charge in [-0.15, -0.1) is 0 Å². The Balaban J connectivity index is 2.14. The van der Waals surface area contributed by atoms with Crippen LogP contribution in [-0.4, -0.2) is 34.6 Å². The molecule has 3 rings (SSSR count). The van der Waals surface area contributed by atoms with Crippen molar-refractivity contribution in [3.63, 3.8) is 0 Å². The maximum absolute atomic E-state index is 13.7. The van der Waals surface area contributed by atoms with Crippen LogP contribution in [-0.2, 0) is 0 Å². The number of aromatic nitrogens is 2. The topological polar surface area (TPSA) is 24.0 Å². The first-order valence-corrected chi connectivity index (χ1v) is 6.65. The number of nitrogens with one attached hydrogen (secondary N) is 1. The lowest BCUT2D eigenvalue weighted by Gasteiger charge is -2.30. The fourth-order valence-corrected chi connectivity index (χ4v) is 3.18. The number of likely N-dealkylation sites (N-methyl/N-ethyl adjacent to an activating group) is 1. The van der Waals surface area contributed by atoms with E-state index < -0.39 is 0 Å². The summed E-state index contributed by atoms with van der Waals surface area (Å²) in [4.78, 5) is 5.29. The number of piperidine rings is 1. The second kappa shape index (κ2) is 4.48. The van der Waals surface area contributed by atoms with Gasteiger partial charge in [-0.1, -0.05) is 6.07 Å². The highest BCUT2D eigenvalue weighted by Gasteiger charge is 2.21. The van der Waals surface area contributed by atoms with Gasteiger partial charge in [-0.25, -0.2) is 4.39 Å². The van der Waals surface area contributed by atoms with E-state index in [0.29, 0.717) is 16.3 Å². The quantitative estimate of drug-likeness (QED) is 0.801. The van der Waals surface area contributed by atoms with Gasteiger partial charge in [-0.2, -0.15) is 0 Å². The zero-order valence-corrected chi connectivity index (χ0v) is 11.1. The third kappa shape index (κ3) is 1.87. The lowest BCUT2D eigenvalue weighted by atomic mass is 10.1. The largest absolute Gasteiger partial charge is 0.328 e. The van der Waals surface area contributed by atoms with E-state index in [-0.39, 0.29) is 5.82 Å². The Morgan fingerprint density at radius 1 is 1.44 bits per heavy atom. The molecule has 1 N–H and O–H groups in total. The summed E-state index contributed by atoms with van der Waals surface area (Å²) in [7, 11) is 2.12. The predicted octanol–water partition coefficient (Wildman–Crippen LogP) is 3.10.